The van der Waals surface area contributed by atoms with Crippen molar-refractivity contribution in [3.05, 3.63) is 17.2 Å². The highest BCUT2D eigenvalue weighted by Gasteiger charge is 2.30. The van der Waals surface area contributed by atoms with E-state index in [1.54, 1.807) is 0 Å². The number of nitrogens with one attached hydrogen (secondary N) is 1. The minimum Gasteiger partial charge on any atom is -0.349 e. The molecule has 1 fully saturated rings. The molecular formula is C20H32N4O2. The number of amides is 2. The average Bonchev–Trinajstić information content (AvgIpc) is 2.81. The fourth-order valence-electron chi connectivity index (χ4n) is 3.86. The highest BCUT2D eigenvalue weighted by molar-refractivity contribution is 5.97. The van der Waals surface area contributed by atoms with Crippen molar-refractivity contribution < 1.29 is 9.59 Å². The van der Waals surface area contributed by atoms with E-state index in [1.807, 2.05) is 9.47 Å². The standard InChI is InChI=1S/C20H32N4O2/c1-15(2)10-11-21-19(25)18-22-17(16-9-5-8-14-24(16)18)20(26)23-12-6-3-4-7-13-23/h15H,3-14H2,1-2H3,(H,21,25). The summed E-state index contributed by atoms with van der Waals surface area (Å²) < 4.78 is 1.99. The van der Waals surface area contributed by atoms with Gasteiger partial charge in [0.05, 0.1) is 5.69 Å². The summed E-state index contributed by atoms with van der Waals surface area (Å²) in [6.07, 6.45) is 8.37. The molecule has 1 N–H and O–H groups in total. The molecule has 0 radical (unpaired) electrons. The Bertz CT molecular complexity index is 642. The summed E-state index contributed by atoms with van der Waals surface area (Å²) in [5.74, 6) is 0.828. The molecule has 0 bridgehead atoms. The largest absolute Gasteiger partial charge is 0.349 e. The number of aromatic nitrogens is 2. The first kappa shape index (κ1) is 18.9. The van der Waals surface area contributed by atoms with E-state index in [9.17, 15) is 9.59 Å². The Labute approximate surface area is 156 Å². The highest BCUT2D eigenvalue weighted by atomic mass is 16.2. The van der Waals surface area contributed by atoms with E-state index < -0.39 is 0 Å². The van der Waals surface area contributed by atoms with Crippen LogP contribution < -0.4 is 5.32 Å². The predicted molar refractivity (Wildman–Crippen MR) is 101 cm³/mol. The molecule has 26 heavy (non-hydrogen) atoms. The fraction of sp³-hybridized carbons (Fsp3) is 0.750. The fourth-order valence-corrected chi connectivity index (χ4v) is 3.86. The van der Waals surface area contributed by atoms with Gasteiger partial charge in [0.15, 0.2) is 5.82 Å². The number of carbonyl (C=O) groups is 2. The quantitative estimate of drug-likeness (QED) is 0.878. The SMILES string of the molecule is CC(C)CCNC(=O)c1nc(C(=O)N2CCCCCC2)c2n1CCCC2. The summed E-state index contributed by atoms with van der Waals surface area (Å²) in [5, 5.41) is 2.98. The zero-order valence-corrected chi connectivity index (χ0v) is 16.2. The Balaban J connectivity index is 1.81. The lowest BCUT2D eigenvalue weighted by molar-refractivity contribution is 0.0754. The first-order valence-electron chi connectivity index (χ1n) is 10.2. The van der Waals surface area contributed by atoms with Gasteiger partial charge in [0.25, 0.3) is 11.8 Å². The molecular weight excluding hydrogens is 328 g/mol. The molecule has 3 rings (SSSR count). The van der Waals surface area contributed by atoms with Crippen LogP contribution >= 0.6 is 0 Å². The van der Waals surface area contributed by atoms with Gasteiger partial charge in [-0.05, 0) is 44.4 Å². The second-order valence-corrected chi connectivity index (χ2v) is 7.98. The highest BCUT2D eigenvalue weighted by Crippen LogP contribution is 2.23. The van der Waals surface area contributed by atoms with Crippen molar-refractivity contribution in [3.8, 4) is 0 Å². The molecule has 0 aromatic carbocycles. The van der Waals surface area contributed by atoms with E-state index in [2.05, 4.69) is 24.1 Å². The third kappa shape index (κ3) is 4.27. The van der Waals surface area contributed by atoms with Crippen LogP contribution in [0.15, 0.2) is 0 Å². The zero-order chi connectivity index (χ0) is 18.5. The molecule has 1 aromatic rings. The summed E-state index contributed by atoms with van der Waals surface area (Å²) in [6, 6.07) is 0. The second-order valence-electron chi connectivity index (χ2n) is 7.98. The van der Waals surface area contributed by atoms with E-state index in [1.165, 1.54) is 12.8 Å². The van der Waals surface area contributed by atoms with Gasteiger partial charge in [0, 0.05) is 26.2 Å². The molecule has 0 saturated carbocycles. The van der Waals surface area contributed by atoms with Crippen molar-refractivity contribution in [1.82, 2.24) is 19.8 Å². The average molecular weight is 361 g/mol. The van der Waals surface area contributed by atoms with Crippen molar-refractivity contribution in [2.24, 2.45) is 5.92 Å². The number of hydrogen-bond donors (Lipinski definition) is 1. The van der Waals surface area contributed by atoms with Gasteiger partial charge in [-0.2, -0.15) is 0 Å². The predicted octanol–water partition coefficient (Wildman–Crippen LogP) is 3.01. The lowest BCUT2D eigenvalue weighted by atomic mass is 10.1. The number of hydrogen-bond acceptors (Lipinski definition) is 3. The number of imidazole rings is 1. The lowest BCUT2D eigenvalue weighted by Gasteiger charge is -2.21. The van der Waals surface area contributed by atoms with Gasteiger partial charge in [0.1, 0.15) is 5.69 Å². The molecule has 2 aliphatic rings. The van der Waals surface area contributed by atoms with E-state index in [0.717, 1.165) is 63.9 Å². The maximum absolute atomic E-state index is 13.1. The van der Waals surface area contributed by atoms with Gasteiger partial charge in [0.2, 0.25) is 0 Å². The van der Waals surface area contributed by atoms with E-state index in [0.29, 0.717) is 24.0 Å². The Morgan fingerprint density at radius 2 is 1.73 bits per heavy atom. The molecule has 0 atom stereocenters. The third-order valence-corrected chi connectivity index (χ3v) is 5.42. The maximum Gasteiger partial charge on any atom is 0.287 e. The molecule has 144 valence electrons. The van der Waals surface area contributed by atoms with Crippen molar-refractivity contribution in [2.45, 2.75) is 71.8 Å². The molecule has 1 aromatic heterocycles. The molecule has 6 heteroatoms. The zero-order valence-electron chi connectivity index (χ0n) is 16.2. The summed E-state index contributed by atoms with van der Waals surface area (Å²) in [7, 11) is 0. The maximum atomic E-state index is 13.1. The van der Waals surface area contributed by atoms with E-state index in [4.69, 9.17) is 0 Å². The van der Waals surface area contributed by atoms with Gasteiger partial charge >= 0.3 is 0 Å². The van der Waals surface area contributed by atoms with Gasteiger partial charge < -0.3 is 14.8 Å². The number of rotatable bonds is 5. The topological polar surface area (TPSA) is 67.2 Å². The van der Waals surface area contributed by atoms with Crippen LogP contribution in [0.4, 0.5) is 0 Å². The smallest absolute Gasteiger partial charge is 0.287 e. The van der Waals surface area contributed by atoms with Crippen LogP contribution in [0.2, 0.25) is 0 Å². The van der Waals surface area contributed by atoms with Crippen LogP contribution in [-0.2, 0) is 13.0 Å². The summed E-state index contributed by atoms with van der Waals surface area (Å²) in [6.45, 7) is 7.32. The monoisotopic (exact) mass is 360 g/mol. The van der Waals surface area contributed by atoms with Gasteiger partial charge in [-0.15, -0.1) is 0 Å². The van der Waals surface area contributed by atoms with Gasteiger partial charge in [-0.1, -0.05) is 26.7 Å². The van der Waals surface area contributed by atoms with Gasteiger partial charge in [-0.3, -0.25) is 9.59 Å². The number of nitrogens with zero attached hydrogens (tertiary/aromatic N) is 3. The van der Waals surface area contributed by atoms with Crippen LogP contribution in [0.5, 0.6) is 0 Å². The number of fused-ring (bicyclic) bond motifs is 1. The molecule has 0 spiro atoms. The third-order valence-electron chi connectivity index (χ3n) is 5.42. The van der Waals surface area contributed by atoms with Crippen LogP contribution in [0, 0.1) is 5.92 Å². The Morgan fingerprint density at radius 1 is 1.04 bits per heavy atom. The van der Waals surface area contributed by atoms with Crippen LogP contribution in [0.1, 0.15) is 85.6 Å². The van der Waals surface area contributed by atoms with Crippen molar-refractivity contribution in [2.75, 3.05) is 19.6 Å². The number of likely N-dealkylation sites (tertiary alicyclic amines) is 1. The molecule has 1 saturated heterocycles. The Hall–Kier alpha value is -1.85. The molecule has 0 aliphatic carbocycles. The van der Waals surface area contributed by atoms with Crippen LogP contribution in [0.3, 0.4) is 0 Å². The molecule has 2 aliphatic heterocycles. The molecule has 2 amide bonds. The van der Waals surface area contributed by atoms with E-state index >= 15 is 0 Å². The number of carbonyl (C=O) groups excluding carboxylic acids is 2. The minimum atomic E-state index is -0.149. The summed E-state index contributed by atoms with van der Waals surface area (Å²) in [4.78, 5) is 32.2. The second kappa shape index (κ2) is 8.69. The minimum absolute atomic E-state index is 0.0128. The van der Waals surface area contributed by atoms with Crippen molar-refractivity contribution in [1.29, 1.82) is 0 Å². The summed E-state index contributed by atoms with van der Waals surface area (Å²) in [5.41, 5.74) is 1.47. The Morgan fingerprint density at radius 3 is 2.42 bits per heavy atom. The molecule has 0 unspecified atom stereocenters. The van der Waals surface area contributed by atoms with Crippen LogP contribution in [0.25, 0.3) is 0 Å². The lowest BCUT2D eigenvalue weighted by Crippen LogP contribution is -2.33. The van der Waals surface area contributed by atoms with Crippen molar-refractivity contribution in [3.63, 3.8) is 0 Å². The normalized spacial score (nSPS) is 17.7. The van der Waals surface area contributed by atoms with E-state index in [-0.39, 0.29) is 11.8 Å². The van der Waals surface area contributed by atoms with Gasteiger partial charge in [-0.25, -0.2) is 4.98 Å². The summed E-state index contributed by atoms with van der Waals surface area (Å²) >= 11 is 0. The first-order chi connectivity index (χ1) is 12.6. The van der Waals surface area contributed by atoms with Crippen molar-refractivity contribution >= 4 is 11.8 Å². The van der Waals surface area contributed by atoms with Crippen LogP contribution in [-0.4, -0.2) is 45.9 Å². The first-order valence-corrected chi connectivity index (χ1v) is 10.2. The molecule has 3 heterocycles. The molecule has 6 nitrogen and oxygen atoms in total. The Kier molecular flexibility index (Phi) is 6.33.